The van der Waals surface area contributed by atoms with Gasteiger partial charge in [-0.15, -0.1) is 0 Å². The van der Waals surface area contributed by atoms with Crippen LogP contribution in [0, 0.1) is 6.92 Å². The minimum Gasteiger partial charge on any atom is -0.313 e. The van der Waals surface area contributed by atoms with Gasteiger partial charge in [0.05, 0.1) is 5.75 Å². The van der Waals surface area contributed by atoms with Crippen LogP contribution in [0.1, 0.15) is 25.0 Å². The first-order chi connectivity index (χ1) is 8.81. The number of nitrogens with zero attached hydrogens (tertiary/aromatic N) is 1. The van der Waals surface area contributed by atoms with E-state index in [2.05, 4.69) is 5.32 Å². The van der Waals surface area contributed by atoms with Crippen molar-refractivity contribution in [2.24, 2.45) is 0 Å². The molecule has 0 radical (unpaired) electrons. The SMILES string of the molecule is Cc1cccc(CN(C)S(=O)(=O)CCNC(C)C)c1. The van der Waals surface area contributed by atoms with Gasteiger partial charge < -0.3 is 5.32 Å². The highest BCUT2D eigenvalue weighted by molar-refractivity contribution is 7.89. The molecule has 0 saturated carbocycles. The third-order valence-corrected chi connectivity index (χ3v) is 4.67. The normalized spacial score (nSPS) is 12.3. The number of aryl methyl sites for hydroxylation is 1. The Morgan fingerprint density at radius 1 is 1.32 bits per heavy atom. The first-order valence-corrected chi connectivity index (χ1v) is 8.15. The van der Waals surface area contributed by atoms with Crippen molar-refractivity contribution < 1.29 is 8.42 Å². The number of hydrogen-bond acceptors (Lipinski definition) is 3. The molecule has 0 saturated heterocycles. The standard InChI is InChI=1S/C14H24N2O2S/c1-12(2)15-8-9-19(17,18)16(4)11-14-7-5-6-13(3)10-14/h5-7,10,12,15H,8-9,11H2,1-4H3. The third-order valence-electron chi connectivity index (χ3n) is 2.88. The maximum absolute atomic E-state index is 12.1. The Kier molecular flexibility index (Phi) is 5.97. The van der Waals surface area contributed by atoms with Gasteiger partial charge in [-0.1, -0.05) is 43.7 Å². The fourth-order valence-electron chi connectivity index (χ4n) is 1.80. The highest BCUT2D eigenvalue weighted by atomic mass is 32.2. The lowest BCUT2D eigenvalue weighted by molar-refractivity contribution is 0.463. The van der Waals surface area contributed by atoms with Gasteiger partial charge in [0, 0.05) is 26.2 Å². The van der Waals surface area contributed by atoms with Gasteiger partial charge in [-0.05, 0) is 12.5 Å². The van der Waals surface area contributed by atoms with Gasteiger partial charge in [-0.2, -0.15) is 0 Å². The van der Waals surface area contributed by atoms with E-state index in [1.807, 2.05) is 45.0 Å². The zero-order valence-electron chi connectivity index (χ0n) is 12.2. The van der Waals surface area contributed by atoms with Gasteiger partial charge in [0.2, 0.25) is 10.0 Å². The summed E-state index contributed by atoms with van der Waals surface area (Å²) in [5.41, 5.74) is 2.16. The Hall–Kier alpha value is -0.910. The summed E-state index contributed by atoms with van der Waals surface area (Å²) < 4.78 is 25.6. The fourth-order valence-corrected chi connectivity index (χ4v) is 2.83. The lowest BCUT2D eigenvalue weighted by Crippen LogP contribution is -2.35. The van der Waals surface area contributed by atoms with Crippen LogP contribution in [0.15, 0.2) is 24.3 Å². The van der Waals surface area contributed by atoms with Crippen molar-refractivity contribution in [3.8, 4) is 0 Å². The maximum Gasteiger partial charge on any atom is 0.215 e. The minimum atomic E-state index is -3.20. The largest absolute Gasteiger partial charge is 0.313 e. The molecule has 0 spiro atoms. The third kappa shape index (κ3) is 5.72. The quantitative estimate of drug-likeness (QED) is 0.830. The lowest BCUT2D eigenvalue weighted by Gasteiger charge is -2.18. The molecule has 0 heterocycles. The second-order valence-electron chi connectivity index (χ2n) is 5.17. The summed E-state index contributed by atoms with van der Waals surface area (Å²) >= 11 is 0. The van der Waals surface area contributed by atoms with Crippen LogP contribution < -0.4 is 5.32 Å². The van der Waals surface area contributed by atoms with Crippen LogP contribution in [-0.4, -0.2) is 38.1 Å². The Morgan fingerprint density at radius 3 is 2.58 bits per heavy atom. The molecule has 0 atom stereocenters. The smallest absolute Gasteiger partial charge is 0.215 e. The summed E-state index contributed by atoms with van der Waals surface area (Å²) in [6.45, 7) is 6.92. The van der Waals surface area contributed by atoms with Gasteiger partial charge >= 0.3 is 0 Å². The average Bonchev–Trinajstić information content (AvgIpc) is 2.28. The van der Waals surface area contributed by atoms with Crippen LogP contribution in [0.5, 0.6) is 0 Å². The summed E-state index contributed by atoms with van der Waals surface area (Å²) in [6, 6.07) is 8.22. The molecule has 0 aliphatic carbocycles. The van der Waals surface area contributed by atoms with E-state index in [0.717, 1.165) is 11.1 Å². The number of nitrogens with one attached hydrogen (secondary N) is 1. The molecule has 0 bridgehead atoms. The van der Waals surface area contributed by atoms with Crippen LogP contribution in [-0.2, 0) is 16.6 Å². The van der Waals surface area contributed by atoms with Crippen molar-refractivity contribution in [3.63, 3.8) is 0 Å². The fraction of sp³-hybridized carbons (Fsp3) is 0.571. The van der Waals surface area contributed by atoms with Gasteiger partial charge in [0.25, 0.3) is 0 Å². The molecule has 0 unspecified atom stereocenters. The summed E-state index contributed by atoms with van der Waals surface area (Å²) in [7, 11) is -1.56. The number of hydrogen-bond donors (Lipinski definition) is 1. The number of sulfonamides is 1. The Labute approximate surface area is 116 Å². The molecule has 0 amide bonds. The van der Waals surface area contributed by atoms with Crippen LogP contribution >= 0.6 is 0 Å². The monoisotopic (exact) mass is 284 g/mol. The van der Waals surface area contributed by atoms with E-state index in [0.29, 0.717) is 19.1 Å². The lowest BCUT2D eigenvalue weighted by atomic mass is 10.1. The number of benzene rings is 1. The highest BCUT2D eigenvalue weighted by Gasteiger charge is 2.17. The van der Waals surface area contributed by atoms with E-state index < -0.39 is 10.0 Å². The zero-order chi connectivity index (χ0) is 14.5. The second kappa shape index (κ2) is 7.03. The minimum absolute atomic E-state index is 0.132. The van der Waals surface area contributed by atoms with E-state index >= 15 is 0 Å². The first-order valence-electron chi connectivity index (χ1n) is 6.54. The molecule has 0 fully saturated rings. The predicted molar refractivity (Wildman–Crippen MR) is 79.6 cm³/mol. The molecule has 19 heavy (non-hydrogen) atoms. The Morgan fingerprint density at radius 2 is 2.00 bits per heavy atom. The van der Waals surface area contributed by atoms with Crippen LogP contribution in [0.3, 0.4) is 0 Å². The predicted octanol–water partition coefficient (Wildman–Crippen LogP) is 1.75. The van der Waals surface area contributed by atoms with Crippen molar-refractivity contribution in [1.29, 1.82) is 0 Å². The van der Waals surface area contributed by atoms with Crippen molar-refractivity contribution in [1.82, 2.24) is 9.62 Å². The Bertz CT molecular complexity index is 498. The molecular formula is C14H24N2O2S. The molecular weight excluding hydrogens is 260 g/mol. The molecule has 1 rings (SSSR count). The van der Waals surface area contributed by atoms with E-state index in [4.69, 9.17) is 0 Å². The summed E-state index contributed by atoms with van der Waals surface area (Å²) in [5, 5.41) is 3.12. The number of rotatable bonds is 7. The molecule has 108 valence electrons. The molecule has 1 N–H and O–H groups in total. The van der Waals surface area contributed by atoms with Crippen molar-refractivity contribution in [2.75, 3.05) is 19.3 Å². The molecule has 0 aliphatic heterocycles. The van der Waals surface area contributed by atoms with E-state index in [9.17, 15) is 8.42 Å². The van der Waals surface area contributed by atoms with E-state index in [-0.39, 0.29) is 5.75 Å². The van der Waals surface area contributed by atoms with Crippen molar-refractivity contribution in [3.05, 3.63) is 35.4 Å². The van der Waals surface area contributed by atoms with Gasteiger partial charge in [-0.25, -0.2) is 12.7 Å². The summed E-state index contributed by atoms with van der Waals surface area (Å²) in [4.78, 5) is 0. The van der Waals surface area contributed by atoms with Gasteiger partial charge in [-0.3, -0.25) is 0 Å². The topological polar surface area (TPSA) is 49.4 Å². The molecule has 1 aromatic carbocycles. The molecule has 4 nitrogen and oxygen atoms in total. The van der Waals surface area contributed by atoms with Crippen molar-refractivity contribution >= 4 is 10.0 Å². The second-order valence-corrected chi connectivity index (χ2v) is 7.37. The average molecular weight is 284 g/mol. The molecule has 1 aromatic rings. The molecule has 0 aromatic heterocycles. The maximum atomic E-state index is 12.1. The summed E-state index contributed by atoms with van der Waals surface area (Å²) in [6.07, 6.45) is 0. The van der Waals surface area contributed by atoms with Crippen LogP contribution in [0.2, 0.25) is 0 Å². The summed E-state index contributed by atoms with van der Waals surface area (Å²) in [5.74, 6) is 0.132. The Balaban J connectivity index is 2.58. The molecule has 5 heteroatoms. The molecule has 0 aliphatic rings. The van der Waals surface area contributed by atoms with E-state index in [1.54, 1.807) is 7.05 Å². The highest BCUT2D eigenvalue weighted by Crippen LogP contribution is 2.09. The first kappa shape index (κ1) is 16.1. The van der Waals surface area contributed by atoms with Gasteiger partial charge in [0.15, 0.2) is 0 Å². The van der Waals surface area contributed by atoms with Crippen molar-refractivity contribution in [2.45, 2.75) is 33.4 Å². The van der Waals surface area contributed by atoms with Crippen LogP contribution in [0.4, 0.5) is 0 Å². The van der Waals surface area contributed by atoms with E-state index in [1.165, 1.54) is 4.31 Å². The van der Waals surface area contributed by atoms with Crippen LogP contribution in [0.25, 0.3) is 0 Å². The van der Waals surface area contributed by atoms with Gasteiger partial charge in [0.1, 0.15) is 0 Å². The zero-order valence-corrected chi connectivity index (χ0v) is 13.0.